The minimum atomic E-state index is -0.420. The number of aryl methyl sites for hydroxylation is 1. The molecule has 0 saturated heterocycles. The van der Waals surface area contributed by atoms with Crippen LogP contribution in [0.4, 0.5) is 4.79 Å². The van der Waals surface area contributed by atoms with Crippen LogP contribution in [0, 0.1) is 6.92 Å². The van der Waals surface area contributed by atoms with Crippen molar-refractivity contribution >= 4 is 11.9 Å². The summed E-state index contributed by atoms with van der Waals surface area (Å²) in [5, 5.41) is 14.5. The van der Waals surface area contributed by atoms with Crippen LogP contribution in [0.2, 0.25) is 0 Å². The van der Waals surface area contributed by atoms with Crippen LogP contribution in [0.1, 0.15) is 23.6 Å². The van der Waals surface area contributed by atoms with E-state index in [1.165, 1.54) is 0 Å². The van der Waals surface area contributed by atoms with Crippen molar-refractivity contribution in [3.63, 3.8) is 0 Å². The van der Waals surface area contributed by atoms with Crippen molar-refractivity contribution in [1.82, 2.24) is 15.5 Å². The number of nitrogens with one attached hydrogen (secondary N) is 2. The summed E-state index contributed by atoms with van der Waals surface area (Å²) in [5.74, 6) is -0.0819. The third-order valence-corrected chi connectivity index (χ3v) is 4.02. The van der Waals surface area contributed by atoms with Crippen molar-refractivity contribution in [3.05, 3.63) is 46.7 Å². The molecule has 2 aliphatic heterocycles. The minimum Gasteiger partial charge on any atom is -0.396 e. The van der Waals surface area contributed by atoms with Gasteiger partial charge in [0.1, 0.15) is 0 Å². The number of aliphatic hydroxyl groups excluding tert-OH is 1. The number of carbonyl (C=O) groups excluding carboxylic acids is 2. The first-order valence-corrected chi connectivity index (χ1v) is 7.37. The maximum absolute atomic E-state index is 12.6. The monoisotopic (exact) mass is 301 g/mol. The van der Waals surface area contributed by atoms with Crippen LogP contribution in [0.5, 0.6) is 0 Å². The Balaban J connectivity index is 1.90. The van der Waals surface area contributed by atoms with Crippen LogP contribution in [0.25, 0.3) is 0 Å². The summed E-state index contributed by atoms with van der Waals surface area (Å²) in [6.45, 7) is 2.91. The third kappa shape index (κ3) is 2.57. The van der Waals surface area contributed by atoms with E-state index in [1.54, 1.807) is 4.90 Å². The molecule has 2 aliphatic rings. The van der Waals surface area contributed by atoms with Crippen molar-refractivity contribution in [2.75, 3.05) is 19.7 Å². The molecule has 0 aromatic heterocycles. The molecule has 3 amide bonds. The second-order valence-corrected chi connectivity index (χ2v) is 5.64. The van der Waals surface area contributed by atoms with Crippen molar-refractivity contribution in [3.8, 4) is 0 Å². The summed E-state index contributed by atoms with van der Waals surface area (Å²) < 4.78 is 0. The smallest absolute Gasteiger partial charge is 0.319 e. The number of benzene rings is 1. The lowest BCUT2D eigenvalue weighted by Gasteiger charge is -2.25. The van der Waals surface area contributed by atoms with Gasteiger partial charge in [-0.05, 0) is 18.9 Å². The van der Waals surface area contributed by atoms with Gasteiger partial charge in [0, 0.05) is 13.2 Å². The molecule has 1 aromatic rings. The SMILES string of the molecule is Cc1ccc([C@@H]2NC(=O)NC3=C2C(=O)N(CCCO)C3)cc1. The number of hydrogen-bond donors (Lipinski definition) is 3. The molecule has 0 fully saturated rings. The van der Waals surface area contributed by atoms with E-state index in [0.29, 0.717) is 30.8 Å². The Bertz CT molecular complexity index is 637. The number of carbonyl (C=O) groups is 2. The summed E-state index contributed by atoms with van der Waals surface area (Å²) in [6, 6.07) is 7.08. The van der Waals surface area contributed by atoms with Gasteiger partial charge in [0.05, 0.1) is 23.9 Å². The highest BCUT2D eigenvalue weighted by Crippen LogP contribution is 2.32. The number of hydrogen-bond acceptors (Lipinski definition) is 3. The highest BCUT2D eigenvalue weighted by molar-refractivity contribution is 6.01. The number of rotatable bonds is 4. The van der Waals surface area contributed by atoms with Gasteiger partial charge in [-0.15, -0.1) is 0 Å². The fourth-order valence-electron chi connectivity index (χ4n) is 2.88. The quantitative estimate of drug-likeness (QED) is 0.770. The van der Waals surface area contributed by atoms with Gasteiger partial charge in [-0.1, -0.05) is 29.8 Å². The molecule has 22 heavy (non-hydrogen) atoms. The van der Waals surface area contributed by atoms with E-state index in [2.05, 4.69) is 10.6 Å². The van der Waals surface area contributed by atoms with E-state index in [9.17, 15) is 9.59 Å². The Morgan fingerprint density at radius 3 is 2.68 bits per heavy atom. The molecule has 6 nitrogen and oxygen atoms in total. The summed E-state index contributed by atoms with van der Waals surface area (Å²) >= 11 is 0. The average Bonchev–Trinajstić information content (AvgIpc) is 2.81. The first kappa shape index (κ1) is 14.6. The van der Waals surface area contributed by atoms with Gasteiger partial charge in [0.15, 0.2) is 0 Å². The van der Waals surface area contributed by atoms with Crippen LogP contribution >= 0.6 is 0 Å². The summed E-state index contributed by atoms with van der Waals surface area (Å²) in [6.07, 6.45) is 0.531. The molecule has 2 heterocycles. The molecule has 0 radical (unpaired) electrons. The zero-order valence-electron chi connectivity index (χ0n) is 12.4. The number of amides is 3. The average molecular weight is 301 g/mol. The molecule has 6 heteroatoms. The Morgan fingerprint density at radius 2 is 2.00 bits per heavy atom. The lowest BCUT2D eigenvalue weighted by Crippen LogP contribution is -2.44. The first-order valence-electron chi connectivity index (χ1n) is 7.37. The van der Waals surface area contributed by atoms with Gasteiger partial charge in [0.25, 0.3) is 5.91 Å². The van der Waals surface area contributed by atoms with Gasteiger partial charge in [-0.2, -0.15) is 0 Å². The minimum absolute atomic E-state index is 0.0421. The van der Waals surface area contributed by atoms with Crippen LogP contribution in [-0.4, -0.2) is 41.6 Å². The molecule has 0 spiro atoms. The number of urea groups is 1. The van der Waals surface area contributed by atoms with Crippen molar-refractivity contribution in [1.29, 1.82) is 0 Å². The van der Waals surface area contributed by atoms with Gasteiger partial charge in [0.2, 0.25) is 0 Å². The standard InChI is InChI=1S/C16H19N3O3/c1-10-3-5-11(6-4-10)14-13-12(17-16(22)18-14)9-19(15(13)21)7-2-8-20/h3-6,14,20H,2,7-9H2,1H3,(H2,17,18,22)/t14-/m0/s1. The second kappa shape index (κ2) is 5.81. The molecule has 3 N–H and O–H groups in total. The lowest BCUT2D eigenvalue weighted by atomic mass is 9.95. The van der Waals surface area contributed by atoms with Crippen LogP contribution in [-0.2, 0) is 4.79 Å². The second-order valence-electron chi connectivity index (χ2n) is 5.64. The van der Waals surface area contributed by atoms with Gasteiger partial charge in [-0.3, -0.25) is 4.79 Å². The molecule has 116 valence electrons. The third-order valence-electron chi connectivity index (χ3n) is 4.02. The van der Waals surface area contributed by atoms with E-state index in [-0.39, 0.29) is 18.5 Å². The molecule has 0 bridgehead atoms. The molecular formula is C16H19N3O3. The molecule has 0 unspecified atom stereocenters. The van der Waals surface area contributed by atoms with E-state index in [4.69, 9.17) is 5.11 Å². The van der Waals surface area contributed by atoms with Crippen LogP contribution in [0.15, 0.2) is 35.5 Å². The summed E-state index contributed by atoms with van der Waals surface area (Å²) in [5.41, 5.74) is 3.28. The fourth-order valence-corrected chi connectivity index (χ4v) is 2.88. The Labute approximate surface area is 128 Å². The Hall–Kier alpha value is -2.34. The maximum atomic E-state index is 12.6. The highest BCUT2D eigenvalue weighted by atomic mass is 16.3. The predicted molar refractivity (Wildman–Crippen MR) is 80.9 cm³/mol. The molecule has 1 atom stereocenters. The molecule has 3 rings (SSSR count). The highest BCUT2D eigenvalue weighted by Gasteiger charge is 2.39. The van der Waals surface area contributed by atoms with Crippen molar-refractivity contribution in [2.45, 2.75) is 19.4 Å². The lowest BCUT2D eigenvalue weighted by molar-refractivity contribution is -0.125. The van der Waals surface area contributed by atoms with Crippen LogP contribution in [0.3, 0.4) is 0 Å². The molecular weight excluding hydrogens is 282 g/mol. The summed E-state index contributed by atoms with van der Waals surface area (Å²) in [7, 11) is 0. The zero-order valence-corrected chi connectivity index (χ0v) is 12.4. The summed E-state index contributed by atoms with van der Waals surface area (Å²) in [4.78, 5) is 26.1. The van der Waals surface area contributed by atoms with Crippen molar-refractivity contribution < 1.29 is 14.7 Å². The van der Waals surface area contributed by atoms with Crippen molar-refractivity contribution in [2.24, 2.45) is 0 Å². The van der Waals surface area contributed by atoms with E-state index in [0.717, 1.165) is 11.1 Å². The Kier molecular flexibility index (Phi) is 3.85. The molecule has 0 aliphatic carbocycles. The van der Waals surface area contributed by atoms with Gasteiger partial charge >= 0.3 is 6.03 Å². The van der Waals surface area contributed by atoms with Gasteiger partial charge < -0.3 is 20.6 Å². The topological polar surface area (TPSA) is 81.7 Å². The largest absolute Gasteiger partial charge is 0.396 e. The normalized spacial score (nSPS) is 20.8. The van der Waals surface area contributed by atoms with Crippen LogP contribution < -0.4 is 10.6 Å². The van der Waals surface area contributed by atoms with E-state index < -0.39 is 6.04 Å². The van der Waals surface area contributed by atoms with Gasteiger partial charge in [-0.25, -0.2) is 4.79 Å². The maximum Gasteiger partial charge on any atom is 0.319 e. The number of aliphatic hydroxyl groups is 1. The number of nitrogens with zero attached hydrogens (tertiary/aromatic N) is 1. The first-order chi connectivity index (χ1) is 10.6. The zero-order chi connectivity index (χ0) is 15.7. The fraction of sp³-hybridized carbons (Fsp3) is 0.375. The van der Waals surface area contributed by atoms with E-state index >= 15 is 0 Å². The molecule has 0 saturated carbocycles. The Morgan fingerprint density at radius 1 is 1.27 bits per heavy atom. The van der Waals surface area contributed by atoms with E-state index in [1.807, 2.05) is 31.2 Å². The molecule has 1 aromatic carbocycles. The predicted octanol–water partition coefficient (Wildman–Crippen LogP) is 0.828.